The van der Waals surface area contributed by atoms with Crippen LogP contribution < -0.4 is 0 Å². The van der Waals surface area contributed by atoms with Gasteiger partial charge in [-0.2, -0.15) is 0 Å². The summed E-state index contributed by atoms with van der Waals surface area (Å²) in [7, 11) is 0. The summed E-state index contributed by atoms with van der Waals surface area (Å²) in [5, 5.41) is 0. The van der Waals surface area contributed by atoms with Gasteiger partial charge in [0.15, 0.2) is 0 Å². The molecule has 1 aromatic rings. The molecular formula is C29H36O2. The molecule has 2 fully saturated rings. The number of ether oxygens (including phenoxy) is 1. The van der Waals surface area contributed by atoms with Crippen molar-refractivity contribution in [3.8, 4) is 11.8 Å². The fourth-order valence-corrected chi connectivity index (χ4v) is 7.70. The molecule has 0 bridgehead atoms. The molecule has 1 aromatic carbocycles. The van der Waals surface area contributed by atoms with E-state index >= 15 is 0 Å². The number of carbonyl (C=O) groups is 1. The third-order valence-electron chi connectivity index (χ3n) is 9.33. The predicted octanol–water partition coefficient (Wildman–Crippen LogP) is 6.69. The Morgan fingerprint density at radius 1 is 1.03 bits per heavy atom. The molecule has 2 heteroatoms. The Balaban J connectivity index is 1.37. The van der Waals surface area contributed by atoms with Crippen LogP contribution in [0.3, 0.4) is 0 Å². The van der Waals surface area contributed by atoms with Gasteiger partial charge < -0.3 is 4.74 Å². The molecule has 0 aromatic heterocycles. The fourth-order valence-electron chi connectivity index (χ4n) is 7.70. The number of hydrogen-bond donors (Lipinski definition) is 0. The van der Waals surface area contributed by atoms with E-state index in [1.807, 2.05) is 0 Å². The van der Waals surface area contributed by atoms with E-state index in [2.05, 4.69) is 56.0 Å². The Kier molecular flexibility index (Phi) is 5.28. The smallest absolute Gasteiger partial charge is 0.302 e. The lowest BCUT2D eigenvalue weighted by molar-refractivity contribution is -0.154. The van der Waals surface area contributed by atoms with Crippen LogP contribution in [-0.2, 0) is 9.53 Å². The Labute approximate surface area is 187 Å². The lowest BCUT2D eigenvalue weighted by atomic mass is 9.49. The predicted molar refractivity (Wildman–Crippen MR) is 124 cm³/mol. The van der Waals surface area contributed by atoms with Crippen LogP contribution in [-0.4, -0.2) is 12.1 Å². The molecule has 5 rings (SSSR count). The van der Waals surface area contributed by atoms with Crippen molar-refractivity contribution in [3.63, 3.8) is 0 Å². The minimum Gasteiger partial charge on any atom is -0.463 e. The highest BCUT2D eigenvalue weighted by atomic mass is 16.5. The number of fused-ring (bicyclic) bond motifs is 4. The minimum atomic E-state index is -0.114. The highest BCUT2D eigenvalue weighted by Gasteiger charge is 2.54. The van der Waals surface area contributed by atoms with Gasteiger partial charge in [0.05, 0.1) is 5.41 Å². The summed E-state index contributed by atoms with van der Waals surface area (Å²) in [6, 6.07) is 10.4. The zero-order valence-corrected chi connectivity index (χ0v) is 19.4. The lowest BCUT2D eigenvalue weighted by Gasteiger charge is -2.57. The first-order valence-corrected chi connectivity index (χ1v) is 12.4. The number of carbonyl (C=O) groups excluding carboxylic acids is 1. The van der Waals surface area contributed by atoms with Gasteiger partial charge >= 0.3 is 5.97 Å². The molecule has 0 saturated heterocycles. The standard InChI is InChI=1S/C29H36O2/c1-20(30)31-23-14-18-29(3)22(19-23)9-10-24-25-15-17-28(2,26(25)11-12-27(24)29)16-13-21-7-5-4-6-8-21/h4-8,22-24,27H,9-12,14-15,17-19H2,1-3H3/t22?,23?,24?,27?,28-,29?/m1/s1. The monoisotopic (exact) mass is 416 g/mol. The average Bonchev–Trinajstić information content (AvgIpc) is 3.10. The summed E-state index contributed by atoms with van der Waals surface area (Å²) < 4.78 is 5.62. The molecule has 4 aliphatic carbocycles. The number of hydrogen-bond acceptors (Lipinski definition) is 2. The molecule has 2 nitrogen and oxygen atoms in total. The first kappa shape index (κ1) is 20.9. The summed E-state index contributed by atoms with van der Waals surface area (Å²) in [4.78, 5) is 11.5. The first-order chi connectivity index (χ1) is 14.9. The summed E-state index contributed by atoms with van der Waals surface area (Å²) in [5.74, 6) is 9.33. The van der Waals surface area contributed by atoms with E-state index < -0.39 is 0 Å². The summed E-state index contributed by atoms with van der Waals surface area (Å²) in [6.45, 7) is 6.51. The average molecular weight is 417 g/mol. The number of benzene rings is 1. The zero-order chi connectivity index (χ0) is 21.6. The van der Waals surface area contributed by atoms with E-state index in [4.69, 9.17) is 4.74 Å². The van der Waals surface area contributed by atoms with Gasteiger partial charge in [-0.3, -0.25) is 4.79 Å². The summed E-state index contributed by atoms with van der Waals surface area (Å²) >= 11 is 0. The highest BCUT2D eigenvalue weighted by Crippen LogP contribution is 2.63. The van der Waals surface area contributed by atoms with Crippen molar-refractivity contribution in [2.24, 2.45) is 28.6 Å². The maximum absolute atomic E-state index is 11.5. The molecule has 6 atom stereocenters. The lowest BCUT2D eigenvalue weighted by Crippen LogP contribution is -2.49. The molecule has 4 aliphatic rings. The molecule has 0 heterocycles. The zero-order valence-electron chi connectivity index (χ0n) is 19.4. The Morgan fingerprint density at radius 2 is 1.84 bits per heavy atom. The van der Waals surface area contributed by atoms with Crippen molar-refractivity contribution in [1.29, 1.82) is 0 Å². The van der Waals surface area contributed by atoms with Gasteiger partial charge in [-0.15, -0.1) is 0 Å². The van der Waals surface area contributed by atoms with Gasteiger partial charge in [-0.25, -0.2) is 0 Å². The van der Waals surface area contributed by atoms with Crippen LogP contribution in [0.5, 0.6) is 0 Å². The third-order valence-corrected chi connectivity index (χ3v) is 9.33. The maximum atomic E-state index is 11.5. The van der Waals surface area contributed by atoms with Gasteiger partial charge in [0.2, 0.25) is 0 Å². The summed E-state index contributed by atoms with van der Waals surface area (Å²) in [6.07, 6.45) is 11.1. The van der Waals surface area contributed by atoms with Crippen molar-refractivity contribution >= 4 is 5.97 Å². The number of rotatable bonds is 1. The molecule has 0 amide bonds. The van der Waals surface area contributed by atoms with E-state index in [1.54, 1.807) is 18.1 Å². The van der Waals surface area contributed by atoms with Gasteiger partial charge in [0.1, 0.15) is 6.10 Å². The van der Waals surface area contributed by atoms with Crippen LogP contribution in [0, 0.1) is 40.4 Å². The van der Waals surface area contributed by atoms with Crippen molar-refractivity contribution < 1.29 is 9.53 Å². The molecule has 5 unspecified atom stereocenters. The van der Waals surface area contributed by atoms with E-state index in [9.17, 15) is 4.79 Å². The second-order valence-electron chi connectivity index (χ2n) is 11.0. The molecule has 0 radical (unpaired) electrons. The topological polar surface area (TPSA) is 26.3 Å². The first-order valence-electron chi connectivity index (χ1n) is 12.4. The Hall–Kier alpha value is -2.01. The summed E-state index contributed by atoms with van der Waals surface area (Å²) in [5.41, 5.74) is 5.06. The van der Waals surface area contributed by atoms with E-state index in [-0.39, 0.29) is 17.5 Å². The van der Waals surface area contributed by atoms with Crippen LogP contribution in [0.4, 0.5) is 0 Å². The molecule has 0 aliphatic heterocycles. The quantitative estimate of drug-likeness (QED) is 0.289. The van der Waals surface area contributed by atoms with E-state index in [0.717, 1.165) is 30.2 Å². The SMILES string of the molecule is CC(=O)OC1CCC2(C)C(CCC3C4=C(CCC32)[C@](C)(C#Cc2ccccc2)CC4)C1. The third kappa shape index (κ3) is 3.65. The second kappa shape index (κ2) is 7.84. The molecule has 164 valence electrons. The highest BCUT2D eigenvalue weighted by molar-refractivity contribution is 5.66. The van der Waals surface area contributed by atoms with Crippen molar-refractivity contribution in [2.75, 3.05) is 0 Å². The molecular weight excluding hydrogens is 380 g/mol. The van der Waals surface area contributed by atoms with Crippen LogP contribution in [0.15, 0.2) is 41.5 Å². The van der Waals surface area contributed by atoms with E-state index in [0.29, 0.717) is 11.3 Å². The van der Waals surface area contributed by atoms with Gasteiger partial charge in [0.25, 0.3) is 0 Å². The second-order valence-corrected chi connectivity index (χ2v) is 11.0. The van der Waals surface area contributed by atoms with Crippen LogP contribution in [0.2, 0.25) is 0 Å². The molecule has 2 saturated carbocycles. The van der Waals surface area contributed by atoms with Crippen molar-refractivity contribution in [2.45, 2.75) is 84.7 Å². The van der Waals surface area contributed by atoms with Gasteiger partial charge in [-0.05, 0) is 100 Å². The normalized spacial score (nSPS) is 38.9. The van der Waals surface area contributed by atoms with Crippen LogP contribution >= 0.6 is 0 Å². The fraction of sp³-hybridized carbons (Fsp3) is 0.621. The van der Waals surface area contributed by atoms with E-state index in [1.165, 1.54) is 44.9 Å². The molecule has 0 N–H and O–H groups in total. The minimum absolute atomic E-state index is 0.0564. The molecule has 0 spiro atoms. The van der Waals surface area contributed by atoms with Crippen LogP contribution in [0.1, 0.15) is 84.1 Å². The Bertz CT molecular complexity index is 948. The van der Waals surface area contributed by atoms with Crippen LogP contribution in [0.25, 0.3) is 0 Å². The van der Waals surface area contributed by atoms with Gasteiger partial charge in [-0.1, -0.05) is 48.1 Å². The van der Waals surface area contributed by atoms with Crippen molar-refractivity contribution in [3.05, 3.63) is 47.0 Å². The maximum Gasteiger partial charge on any atom is 0.302 e. The van der Waals surface area contributed by atoms with Gasteiger partial charge in [0, 0.05) is 12.5 Å². The molecule has 31 heavy (non-hydrogen) atoms. The number of allylic oxidation sites excluding steroid dienone is 2. The largest absolute Gasteiger partial charge is 0.463 e. The van der Waals surface area contributed by atoms with Crippen molar-refractivity contribution in [1.82, 2.24) is 0 Å². The number of esters is 1. The Morgan fingerprint density at radius 3 is 2.61 bits per heavy atom.